The van der Waals surface area contributed by atoms with Crippen LogP contribution in [0.15, 0.2) is 0 Å². The summed E-state index contributed by atoms with van der Waals surface area (Å²) >= 11 is 0. The monoisotopic (exact) mass is 173 g/mol. The second-order valence-corrected chi connectivity index (χ2v) is 3.54. The maximum atomic E-state index is 11.9. The number of alkyl halides is 1. The van der Waals surface area contributed by atoms with Gasteiger partial charge in [-0.1, -0.05) is 0 Å². The molecule has 3 atom stereocenters. The first-order chi connectivity index (χ1) is 5.75. The quantitative estimate of drug-likeness (QED) is 0.629. The standard InChI is InChI=1S/C8H12FNO2/c9-3-4-10-6(5-1-2-5)7(10)8(11)12/h5-7H,1-4H2,(H,11,12). The van der Waals surface area contributed by atoms with Crippen LogP contribution < -0.4 is 0 Å². The Hall–Kier alpha value is -0.640. The minimum Gasteiger partial charge on any atom is -0.480 e. The van der Waals surface area contributed by atoms with Crippen LogP contribution in [0.4, 0.5) is 4.39 Å². The number of carboxylic acid groups (broad SMARTS) is 1. The molecule has 12 heavy (non-hydrogen) atoms. The summed E-state index contributed by atoms with van der Waals surface area (Å²) in [6.45, 7) is -0.148. The smallest absolute Gasteiger partial charge is 0.322 e. The molecule has 0 spiro atoms. The molecule has 3 unspecified atom stereocenters. The molecule has 0 aromatic carbocycles. The summed E-state index contributed by atoms with van der Waals surface area (Å²) in [5.74, 6) is -0.252. The van der Waals surface area contributed by atoms with Gasteiger partial charge in [0, 0.05) is 12.6 Å². The third-order valence-corrected chi connectivity index (χ3v) is 2.67. The Kier molecular flexibility index (Phi) is 1.79. The third-order valence-electron chi connectivity index (χ3n) is 2.67. The van der Waals surface area contributed by atoms with Gasteiger partial charge in [-0.3, -0.25) is 9.69 Å². The van der Waals surface area contributed by atoms with Crippen molar-refractivity contribution in [2.75, 3.05) is 13.2 Å². The first-order valence-corrected chi connectivity index (χ1v) is 4.30. The van der Waals surface area contributed by atoms with Crippen LogP contribution in [0.5, 0.6) is 0 Å². The molecule has 68 valence electrons. The van der Waals surface area contributed by atoms with E-state index in [1.165, 1.54) is 0 Å². The Morgan fingerprint density at radius 3 is 2.67 bits per heavy atom. The number of aliphatic carboxylic acids is 1. The Morgan fingerprint density at radius 2 is 2.25 bits per heavy atom. The summed E-state index contributed by atoms with van der Waals surface area (Å²) in [7, 11) is 0. The molecule has 1 aliphatic carbocycles. The van der Waals surface area contributed by atoms with Crippen molar-refractivity contribution in [2.24, 2.45) is 5.92 Å². The normalized spacial score (nSPS) is 39.6. The van der Waals surface area contributed by atoms with Gasteiger partial charge >= 0.3 is 5.97 Å². The van der Waals surface area contributed by atoms with Crippen LogP contribution in [-0.2, 0) is 4.79 Å². The van der Waals surface area contributed by atoms with Crippen LogP contribution in [0.1, 0.15) is 12.8 Å². The van der Waals surface area contributed by atoms with E-state index in [-0.39, 0.29) is 18.6 Å². The molecule has 1 aliphatic heterocycles. The molecule has 0 aromatic rings. The molecule has 1 N–H and O–H groups in total. The fraction of sp³-hybridized carbons (Fsp3) is 0.875. The third kappa shape index (κ3) is 1.20. The lowest BCUT2D eigenvalue weighted by molar-refractivity contribution is -0.137. The van der Waals surface area contributed by atoms with E-state index < -0.39 is 12.6 Å². The van der Waals surface area contributed by atoms with Crippen molar-refractivity contribution in [3.8, 4) is 0 Å². The molecule has 0 bridgehead atoms. The Bertz CT molecular complexity index is 205. The summed E-state index contributed by atoms with van der Waals surface area (Å²) in [5, 5.41) is 8.73. The van der Waals surface area contributed by atoms with Gasteiger partial charge in [0.1, 0.15) is 12.7 Å². The highest BCUT2D eigenvalue weighted by Crippen LogP contribution is 2.46. The van der Waals surface area contributed by atoms with E-state index in [1.807, 2.05) is 0 Å². The number of carboxylic acids is 1. The summed E-state index contributed by atoms with van der Waals surface area (Å²) in [6.07, 6.45) is 2.24. The molecule has 4 heteroatoms. The van der Waals surface area contributed by atoms with E-state index in [0.29, 0.717) is 5.92 Å². The summed E-state index contributed by atoms with van der Waals surface area (Å²) in [6, 6.07) is -0.230. The van der Waals surface area contributed by atoms with Crippen molar-refractivity contribution in [1.82, 2.24) is 4.90 Å². The number of rotatable bonds is 4. The number of hydrogen-bond donors (Lipinski definition) is 1. The lowest BCUT2D eigenvalue weighted by Gasteiger charge is -1.95. The van der Waals surface area contributed by atoms with Crippen LogP contribution in [0.25, 0.3) is 0 Å². The second kappa shape index (κ2) is 2.69. The summed E-state index contributed by atoms with van der Waals surface area (Å²) in [5.41, 5.74) is 0. The summed E-state index contributed by atoms with van der Waals surface area (Å²) < 4.78 is 11.9. The zero-order valence-electron chi connectivity index (χ0n) is 6.74. The van der Waals surface area contributed by atoms with Gasteiger partial charge in [0.2, 0.25) is 0 Å². The average molecular weight is 173 g/mol. The van der Waals surface area contributed by atoms with Crippen LogP contribution >= 0.6 is 0 Å². The lowest BCUT2D eigenvalue weighted by Crippen LogP contribution is -2.13. The average Bonchev–Trinajstić information content (AvgIpc) is 2.78. The van der Waals surface area contributed by atoms with Gasteiger partial charge in [-0.2, -0.15) is 0 Å². The second-order valence-electron chi connectivity index (χ2n) is 3.54. The minimum absolute atomic E-state index is 0.151. The van der Waals surface area contributed by atoms with Crippen molar-refractivity contribution < 1.29 is 14.3 Å². The van der Waals surface area contributed by atoms with Crippen LogP contribution in [0, 0.1) is 5.92 Å². The minimum atomic E-state index is -0.791. The zero-order valence-corrected chi connectivity index (χ0v) is 6.74. The Morgan fingerprint density at radius 1 is 1.58 bits per heavy atom. The fourth-order valence-electron chi connectivity index (χ4n) is 1.94. The van der Waals surface area contributed by atoms with Gasteiger partial charge in [0.15, 0.2) is 0 Å². The molecule has 2 fully saturated rings. The molecule has 0 radical (unpaired) electrons. The van der Waals surface area contributed by atoms with E-state index in [1.54, 1.807) is 4.90 Å². The highest BCUT2D eigenvalue weighted by molar-refractivity contribution is 5.78. The predicted octanol–water partition coefficient (Wildman–Crippen LogP) is 0.503. The van der Waals surface area contributed by atoms with Crippen molar-refractivity contribution in [3.05, 3.63) is 0 Å². The SMILES string of the molecule is O=C(O)C1C(C2CC2)N1CCF. The number of hydrogen-bond acceptors (Lipinski definition) is 2. The molecular weight excluding hydrogens is 161 g/mol. The molecule has 1 heterocycles. The molecule has 0 aromatic heterocycles. The first kappa shape index (κ1) is 7.98. The van der Waals surface area contributed by atoms with E-state index in [0.717, 1.165) is 12.8 Å². The topological polar surface area (TPSA) is 40.3 Å². The maximum Gasteiger partial charge on any atom is 0.322 e. The van der Waals surface area contributed by atoms with Gasteiger partial charge in [-0.25, -0.2) is 4.39 Å². The number of nitrogens with zero attached hydrogens (tertiary/aromatic N) is 1. The molecule has 2 rings (SSSR count). The Balaban J connectivity index is 1.91. The van der Waals surface area contributed by atoms with Crippen LogP contribution in [0.2, 0.25) is 0 Å². The predicted molar refractivity (Wildman–Crippen MR) is 40.6 cm³/mol. The van der Waals surface area contributed by atoms with Crippen molar-refractivity contribution >= 4 is 5.97 Å². The number of carbonyl (C=O) groups is 1. The van der Waals surface area contributed by atoms with Gasteiger partial charge in [0.25, 0.3) is 0 Å². The zero-order chi connectivity index (χ0) is 8.72. The van der Waals surface area contributed by atoms with E-state index in [2.05, 4.69) is 0 Å². The summed E-state index contributed by atoms with van der Waals surface area (Å²) in [4.78, 5) is 12.4. The highest BCUT2D eigenvalue weighted by Gasteiger charge is 2.58. The van der Waals surface area contributed by atoms with Crippen LogP contribution in [0.3, 0.4) is 0 Å². The largest absolute Gasteiger partial charge is 0.480 e. The van der Waals surface area contributed by atoms with Gasteiger partial charge < -0.3 is 5.11 Å². The molecule has 3 nitrogen and oxygen atoms in total. The van der Waals surface area contributed by atoms with Gasteiger partial charge in [0.05, 0.1) is 0 Å². The van der Waals surface area contributed by atoms with E-state index >= 15 is 0 Å². The van der Waals surface area contributed by atoms with Crippen molar-refractivity contribution in [3.63, 3.8) is 0 Å². The van der Waals surface area contributed by atoms with Crippen molar-refractivity contribution in [1.29, 1.82) is 0 Å². The van der Waals surface area contributed by atoms with Crippen LogP contribution in [-0.4, -0.2) is 41.3 Å². The van der Waals surface area contributed by atoms with Gasteiger partial charge in [-0.15, -0.1) is 0 Å². The van der Waals surface area contributed by atoms with E-state index in [4.69, 9.17) is 5.11 Å². The van der Waals surface area contributed by atoms with E-state index in [9.17, 15) is 9.18 Å². The fourth-order valence-corrected chi connectivity index (χ4v) is 1.94. The first-order valence-electron chi connectivity index (χ1n) is 4.30. The maximum absolute atomic E-state index is 11.9. The molecule has 2 aliphatic rings. The Labute approximate surface area is 70.2 Å². The molecule has 1 saturated carbocycles. The molecule has 1 saturated heterocycles. The van der Waals surface area contributed by atoms with Gasteiger partial charge in [-0.05, 0) is 18.8 Å². The molecule has 0 amide bonds. The lowest BCUT2D eigenvalue weighted by atomic mass is 10.2. The number of halogens is 1. The highest BCUT2D eigenvalue weighted by atomic mass is 19.1. The molecular formula is C8H12FNO2. The van der Waals surface area contributed by atoms with Crippen molar-refractivity contribution in [2.45, 2.75) is 24.9 Å².